The van der Waals surface area contributed by atoms with Crippen LogP contribution in [0.3, 0.4) is 0 Å². The molecule has 0 N–H and O–H groups in total. The number of esters is 4. The van der Waals surface area contributed by atoms with Crippen molar-refractivity contribution in [2.75, 3.05) is 26.4 Å². The molecule has 0 fully saturated rings. The Labute approximate surface area is 441 Å². The van der Waals surface area contributed by atoms with E-state index >= 15 is 0 Å². The van der Waals surface area contributed by atoms with Gasteiger partial charge in [-0.2, -0.15) is 8.75 Å². The molecule has 384 valence electrons. The van der Waals surface area contributed by atoms with Crippen molar-refractivity contribution in [1.82, 2.24) is 8.75 Å². The summed E-state index contributed by atoms with van der Waals surface area (Å²) >= 11 is 8.67. The first-order chi connectivity index (χ1) is 34.5. The first-order valence-corrected chi connectivity index (χ1v) is 29.9. The van der Waals surface area contributed by atoms with Crippen molar-refractivity contribution in [2.24, 2.45) is 0 Å². The Bertz CT molecular complexity index is 2470. The number of carbonyl (C=O) groups excluding carboxylic acids is 4. The van der Waals surface area contributed by atoms with E-state index in [0.29, 0.717) is 52.1 Å². The smallest absolute Gasteiger partial charge is 0.305 e. The molecule has 0 saturated carbocycles. The van der Waals surface area contributed by atoms with Gasteiger partial charge in [0.1, 0.15) is 11.0 Å². The zero-order valence-corrected chi connectivity index (χ0v) is 46.7. The second-order valence-corrected chi connectivity index (χ2v) is 23.1. The van der Waals surface area contributed by atoms with Crippen molar-refractivity contribution in [3.8, 4) is 40.4 Å². The van der Waals surface area contributed by atoms with Crippen molar-refractivity contribution in [3.05, 3.63) is 68.4 Å². The van der Waals surface area contributed by atoms with Crippen LogP contribution in [0.5, 0.6) is 0 Å². The number of ether oxygens (including phenoxy) is 4. The number of nitrogens with zero attached hydrogens (tertiary/aromatic N) is 2. The zero-order valence-electron chi connectivity index (χ0n) is 42.6. The van der Waals surface area contributed by atoms with E-state index in [-0.39, 0.29) is 23.9 Å². The summed E-state index contributed by atoms with van der Waals surface area (Å²) in [4.78, 5) is 58.4. The number of aromatic nitrogens is 2. The summed E-state index contributed by atoms with van der Waals surface area (Å²) in [5, 5.41) is 0. The summed E-state index contributed by atoms with van der Waals surface area (Å²) in [6.07, 6.45) is 16.6. The monoisotopic (exact) mass is 1060 g/mol. The van der Waals surface area contributed by atoms with Crippen LogP contribution in [0.25, 0.3) is 51.4 Å². The minimum absolute atomic E-state index is 0.119. The molecule has 0 aliphatic carbocycles. The third kappa shape index (κ3) is 16.6. The van der Waals surface area contributed by atoms with Gasteiger partial charge in [0.25, 0.3) is 0 Å². The molecule has 71 heavy (non-hydrogen) atoms. The van der Waals surface area contributed by atoms with E-state index in [1.165, 1.54) is 73.0 Å². The van der Waals surface area contributed by atoms with Crippen LogP contribution < -0.4 is 0 Å². The predicted molar refractivity (Wildman–Crippen MR) is 295 cm³/mol. The summed E-state index contributed by atoms with van der Waals surface area (Å²) in [6.45, 7) is 13.4. The molecule has 5 aromatic heterocycles. The molecule has 6 aromatic rings. The number of hydrogen-bond acceptors (Lipinski definition) is 15. The minimum atomic E-state index is -0.128. The van der Waals surface area contributed by atoms with Gasteiger partial charge in [-0.05, 0) is 165 Å². The van der Waals surface area contributed by atoms with E-state index in [9.17, 15) is 19.2 Å². The Morgan fingerprint density at radius 3 is 1.01 bits per heavy atom. The van der Waals surface area contributed by atoms with Crippen LogP contribution in [0.2, 0.25) is 0 Å². The van der Waals surface area contributed by atoms with Gasteiger partial charge in [0.2, 0.25) is 0 Å². The predicted octanol–water partition coefficient (Wildman–Crippen LogP) is 15.9. The number of fused-ring (bicyclic) bond motifs is 1. The molecule has 0 unspecified atom stereocenters. The van der Waals surface area contributed by atoms with Crippen molar-refractivity contribution >= 4 is 92.0 Å². The Morgan fingerprint density at radius 2 is 0.704 bits per heavy atom. The highest BCUT2D eigenvalue weighted by atomic mass is 32.1. The standard InChI is InChI=1S/C56H72N2O8S5/c1-7-63-47(59)27-19-11-15-23-39-33-37(5)67-53(39)55-41(25-17-13-21-29-49(61)65-9-3)35-45(69-55)43-31-32-44(52-51(43)57-71-58-52)46-36-42(26-18-14-22-30-50(62)66-10-4)56(70-46)54-40(34-38(6)68-54)24-16-12-20-28-48(60)64-8-2/h31-36H,7-30H2,1-6H3. The van der Waals surface area contributed by atoms with Gasteiger partial charge < -0.3 is 18.9 Å². The fourth-order valence-corrected chi connectivity index (χ4v) is 14.6. The number of benzene rings is 1. The van der Waals surface area contributed by atoms with Crippen LogP contribution in [-0.4, -0.2) is 59.1 Å². The van der Waals surface area contributed by atoms with Crippen LogP contribution in [0, 0.1) is 13.8 Å². The van der Waals surface area contributed by atoms with Gasteiger partial charge in [-0.1, -0.05) is 37.8 Å². The molecule has 15 heteroatoms. The van der Waals surface area contributed by atoms with E-state index in [4.69, 9.17) is 27.7 Å². The maximum atomic E-state index is 12.1. The SMILES string of the molecule is CCOC(=O)CCCCCc1cc(C)sc1-c1sc(-c2ccc(-c3cc(CCCCCC(=O)OCC)c(-c4sc(C)cc4CCCCCC(=O)OCC)s3)c3nsnc23)cc1CCCCCC(=O)OCC. The molecule has 0 radical (unpaired) electrons. The van der Waals surface area contributed by atoms with Crippen LogP contribution in [-0.2, 0) is 63.8 Å². The lowest BCUT2D eigenvalue weighted by Crippen LogP contribution is -2.03. The molecule has 0 saturated heterocycles. The lowest BCUT2D eigenvalue weighted by atomic mass is 10.00. The zero-order chi connectivity index (χ0) is 50.5. The van der Waals surface area contributed by atoms with Gasteiger partial charge in [-0.3, -0.25) is 19.2 Å². The van der Waals surface area contributed by atoms with Crippen LogP contribution in [0.15, 0.2) is 36.4 Å². The average Bonchev–Trinajstić information content (AvgIpc) is 4.20. The molecule has 0 bridgehead atoms. The van der Waals surface area contributed by atoms with Crippen molar-refractivity contribution in [3.63, 3.8) is 0 Å². The van der Waals surface area contributed by atoms with Crippen LogP contribution in [0.4, 0.5) is 0 Å². The van der Waals surface area contributed by atoms with Gasteiger partial charge in [0, 0.05) is 75.8 Å². The molecule has 0 spiro atoms. The number of rotatable bonds is 32. The maximum absolute atomic E-state index is 12.1. The molecule has 0 aliphatic rings. The second-order valence-electron chi connectivity index (χ2n) is 17.9. The third-order valence-electron chi connectivity index (χ3n) is 12.4. The summed E-state index contributed by atoms with van der Waals surface area (Å²) in [5.41, 5.74) is 9.36. The van der Waals surface area contributed by atoms with E-state index in [1.54, 1.807) is 0 Å². The molecule has 0 atom stereocenters. The fraction of sp³-hybridized carbons (Fsp3) is 0.536. The van der Waals surface area contributed by atoms with E-state index in [2.05, 4.69) is 50.2 Å². The van der Waals surface area contributed by atoms with Crippen LogP contribution >= 0.6 is 57.1 Å². The number of thiophene rings is 4. The summed E-state index contributed by atoms with van der Waals surface area (Å²) in [6, 6.07) is 13.9. The minimum Gasteiger partial charge on any atom is -0.466 e. The van der Waals surface area contributed by atoms with Crippen molar-refractivity contribution < 1.29 is 38.1 Å². The van der Waals surface area contributed by atoms with Crippen molar-refractivity contribution in [2.45, 2.75) is 170 Å². The number of hydrogen-bond donors (Lipinski definition) is 0. The van der Waals surface area contributed by atoms with Gasteiger partial charge in [-0.25, -0.2) is 0 Å². The maximum Gasteiger partial charge on any atom is 0.305 e. The Morgan fingerprint density at radius 1 is 0.408 bits per heavy atom. The molecule has 5 heterocycles. The number of aryl methyl sites for hydroxylation is 6. The fourth-order valence-electron chi connectivity index (χ4n) is 9.01. The molecular weight excluding hydrogens is 989 g/mol. The summed E-state index contributed by atoms with van der Waals surface area (Å²) in [7, 11) is 0. The van der Waals surface area contributed by atoms with Gasteiger partial charge in [0.15, 0.2) is 0 Å². The molecule has 1 aromatic carbocycles. The van der Waals surface area contributed by atoms with E-state index in [0.717, 1.165) is 125 Å². The second kappa shape index (κ2) is 29.4. The van der Waals surface area contributed by atoms with Gasteiger partial charge in [0.05, 0.1) is 38.2 Å². The largest absolute Gasteiger partial charge is 0.466 e. The molecule has 0 aliphatic heterocycles. The quantitative estimate of drug-likeness (QED) is 0.0229. The van der Waals surface area contributed by atoms with Crippen LogP contribution in [0.1, 0.15) is 162 Å². The molecule has 0 amide bonds. The summed E-state index contributed by atoms with van der Waals surface area (Å²) < 4.78 is 30.7. The molecule has 10 nitrogen and oxygen atoms in total. The lowest BCUT2D eigenvalue weighted by Gasteiger charge is -2.07. The Balaban J connectivity index is 1.30. The third-order valence-corrected chi connectivity index (χ3v) is 17.8. The normalized spacial score (nSPS) is 11.4. The highest BCUT2D eigenvalue weighted by molar-refractivity contribution is 7.25. The van der Waals surface area contributed by atoms with Crippen molar-refractivity contribution in [1.29, 1.82) is 0 Å². The lowest BCUT2D eigenvalue weighted by molar-refractivity contribution is -0.144. The van der Waals surface area contributed by atoms with E-state index in [1.807, 2.05) is 73.0 Å². The number of unbranched alkanes of at least 4 members (excludes halogenated alkanes) is 8. The summed E-state index contributed by atoms with van der Waals surface area (Å²) in [5.74, 6) is -0.496. The highest BCUT2D eigenvalue weighted by Gasteiger charge is 2.24. The first kappa shape index (κ1) is 56.0. The molecular formula is C56H72N2O8S5. The van der Waals surface area contributed by atoms with Gasteiger partial charge >= 0.3 is 23.9 Å². The Hall–Kier alpha value is -4.28. The van der Waals surface area contributed by atoms with E-state index < -0.39 is 0 Å². The molecule has 6 rings (SSSR count). The average molecular weight is 1060 g/mol. The Kier molecular flexibility index (Phi) is 23.2. The topological polar surface area (TPSA) is 131 Å². The first-order valence-electron chi connectivity index (χ1n) is 25.9. The number of carbonyl (C=O) groups is 4. The van der Waals surface area contributed by atoms with Gasteiger partial charge in [-0.15, -0.1) is 45.3 Å². The highest BCUT2D eigenvalue weighted by Crippen LogP contribution is 2.49.